The van der Waals surface area contributed by atoms with E-state index < -0.39 is 0 Å². The Labute approximate surface area is 67.4 Å². The average molecular weight is 158 g/mol. The standard InChI is InChI=1S/C7H14N2S/c1-6-3-2-4-9(5-6)7(8)10/h6H,2-5H2,1H3,(H2,8,10)/t6-/m0/s1. The van der Waals surface area contributed by atoms with Gasteiger partial charge in [-0.3, -0.25) is 0 Å². The fraction of sp³-hybridized carbons (Fsp3) is 0.857. The summed E-state index contributed by atoms with van der Waals surface area (Å²) in [6, 6.07) is 0. The highest BCUT2D eigenvalue weighted by Crippen LogP contribution is 2.14. The van der Waals surface area contributed by atoms with E-state index in [2.05, 4.69) is 11.8 Å². The molecule has 1 aliphatic heterocycles. The van der Waals surface area contributed by atoms with Gasteiger partial charge in [-0.25, -0.2) is 0 Å². The van der Waals surface area contributed by atoms with Crippen molar-refractivity contribution in [1.82, 2.24) is 4.90 Å². The summed E-state index contributed by atoms with van der Waals surface area (Å²) in [5.41, 5.74) is 5.49. The molecule has 0 radical (unpaired) electrons. The lowest BCUT2D eigenvalue weighted by molar-refractivity contribution is 0.275. The Kier molecular flexibility index (Phi) is 2.49. The second-order valence-electron chi connectivity index (χ2n) is 3.03. The van der Waals surface area contributed by atoms with Crippen LogP contribution in [0.3, 0.4) is 0 Å². The number of hydrogen-bond acceptors (Lipinski definition) is 1. The maximum absolute atomic E-state index is 5.49. The minimum Gasteiger partial charge on any atom is -0.376 e. The summed E-state index contributed by atoms with van der Waals surface area (Å²) in [5.74, 6) is 0.759. The van der Waals surface area contributed by atoms with Crippen molar-refractivity contribution in [3.63, 3.8) is 0 Å². The fourth-order valence-corrected chi connectivity index (χ4v) is 1.56. The summed E-state index contributed by atoms with van der Waals surface area (Å²) >= 11 is 4.87. The maximum Gasteiger partial charge on any atom is 0.166 e. The predicted octanol–water partition coefficient (Wildman–Crippen LogP) is 0.962. The van der Waals surface area contributed by atoms with Crippen molar-refractivity contribution in [2.45, 2.75) is 19.8 Å². The highest BCUT2D eigenvalue weighted by molar-refractivity contribution is 7.80. The molecule has 0 saturated carbocycles. The minimum absolute atomic E-state index is 0.562. The summed E-state index contributed by atoms with van der Waals surface area (Å²) in [6.07, 6.45) is 2.55. The predicted molar refractivity (Wildman–Crippen MR) is 46.8 cm³/mol. The molecule has 3 heteroatoms. The molecule has 0 aromatic heterocycles. The van der Waals surface area contributed by atoms with E-state index in [9.17, 15) is 0 Å². The van der Waals surface area contributed by atoms with E-state index in [1.165, 1.54) is 12.8 Å². The smallest absolute Gasteiger partial charge is 0.166 e. The molecule has 10 heavy (non-hydrogen) atoms. The van der Waals surface area contributed by atoms with Gasteiger partial charge < -0.3 is 10.6 Å². The molecule has 0 aromatic carbocycles. The normalized spacial score (nSPS) is 26.5. The molecule has 58 valence electrons. The zero-order chi connectivity index (χ0) is 7.56. The zero-order valence-electron chi connectivity index (χ0n) is 6.34. The molecule has 0 spiro atoms. The van der Waals surface area contributed by atoms with Crippen LogP contribution in [0.15, 0.2) is 0 Å². The number of likely N-dealkylation sites (tertiary alicyclic amines) is 1. The molecular weight excluding hydrogens is 144 g/mol. The third-order valence-corrected chi connectivity index (χ3v) is 2.23. The molecule has 1 fully saturated rings. The van der Waals surface area contributed by atoms with Gasteiger partial charge in [0.15, 0.2) is 5.11 Å². The van der Waals surface area contributed by atoms with Crippen molar-refractivity contribution < 1.29 is 0 Å². The first-order valence-corrected chi connectivity index (χ1v) is 4.15. The van der Waals surface area contributed by atoms with Crippen molar-refractivity contribution in [2.75, 3.05) is 13.1 Å². The van der Waals surface area contributed by atoms with Gasteiger partial charge in [0.2, 0.25) is 0 Å². The first-order chi connectivity index (χ1) is 4.70. The van der Waals surface area contributed by atoms with Crippen LogP contribution >= 0.6 is 12.2 Å². The highest BCUT2D eigenvalue weighted by atomic mass is 32.1. The summed E-state index contributed by atoms with van der Waals surface area (Å²) in [5, 5.41) is 0.562. The summed E-state index contributed by atoms with van der Waals surface area (Å²) in [6.45, 7) is 4.35. The molecule has 0 bridgehead atoms. The fourth-order valence-electron chi connectivity index (χ4n) is 1.39. The van der Waals surface area contributed by atoms with Gasteiger partial charge in [0.1, 0.15) is 0 Å². The van der Waals surface area contributed by atoms with E-state index in [1.54, 1.807) is 0 Å². The van der Waals surface area contributed by atoms with E-state index >= 15 is 0 Å². The van der Waals surface area contributed by atoms with Crippen LogP contribution in [-0.4, -0.2) is 23.1 Å². The zero-order valence-corrected chi connectivity index (χ0v) is 7.16. The second-order valence-corrected chi connectivity index (χ2v) is 3.45. The van der Waals surface area contributed by atoms with Crippen molar-refractivity contribution >= 4 is 17.3 Å². The largest absolute Gasteiger partial charge is 0.376 e. The van der Waals surface area contributed by atoms with Crippen LogP contribution in [0.5, 0.6) is 0 Å². The molecule has 0 aromatic rings. The third-order valence-electron chi connectivity index (χ3n) is 1.97. The third kappa shape index (κ3) is 1.84. The molecule has 0 aliphatic carbocycles. The molecule has 0 unspecified atom stereocenters. The molecule has 1 heterocycles. The molecule has 1 saturated heterocycles. The van der Waals surface area contributed by atoms with Crippen LogP contribution < -0.4 is 5.73 Å². The van der Waals surface area contributed by atoms with Gasteiger partial charge in [0.25, 0.3) is 0 Å². The monoisotopic (exact) mass is 158 g/mol. The molecule has 1 atom stereocenters. The number of nitrogens with two attached hydrogens (primary N) is 1. The van der Waals surface area contributed by atoms with Crippen LogP contribution in [0.2, 0.25) is 0 Å². The van der Waals surface area contributed by atoms with Gasteiger partial charge in [0, 0.05) is 13.1 Å². The molecule has 2 nitrogen and oxygen atoms in total. The van der Waals surface area contributed by atoms with Crippen molar-refractivity contribution in [1.29, 1.82) is 0 Å². The number of rotatable bonds is 0. The van der Waals surface area contributed by atoms with E-state index in [1.807, 2.05) is 0 Å². The van der Waals surface area contributed by atoms with Crippen LogP contribution in [-0.2, 0) is 0 Å². The molecular formula is C7H14N2S. The van der Waals surface area contributed by atoms with Crippen molar-refractivity contribution in [3.05, 3.63) is 0 Å². The summed E-state index contributed by atoms with van der Waals surface area (Å²) < 4.78 is 0. The summed E-state index contributed by atoms with van der Waals surface area (Å²) in [4.78, 5) is 2.09. The van der Waals surface area contributed by atoms with Crippen molar-refractivity contribution in [2.24, 2.45) is 11.7 Å². The lowest BCUT2D eigenvalue weighted by atomic mass is 10.0. The minimum atomic E-state index is 0.562. The lowest BCUT2D eigenvalue weighted by Gasteiger charge is -2.31. The SMILES string of the molecule is C[C@H]1CCCN(C(N)=S)C1. The van der Waals surface area contributed by atoms with Gasteiger partial charge >= 0.3 is 0 Å². The first kappa shape index (κ1) is 7.79. The van der Waals surface area contributed by atoms with Gasteiger partial charge in [-0.1, -0.05) is 6.92 Å². The topological polar surface area (TPSA) is 29.3 Å². The van der Waals surface area contributed by atoms with Crippen LogP contribution in [0, 0.1) is 5.92 Å². The van der Waals surface area contributed by atoms with Gasteiger partial charge in [-0.2, -0.15) is 0 Å². The van der Waals surface area contributed by atoms with Crippen LogP contribution in [0.1, 0.15) is 19.8 Å². The second kappa shape index (κ2) is 3.19. The molecule has 1 aliphatic rings. The molecule has 2 N–H and O–H groups in total. The first-order valence-electron chi connectivity index (χ1n) is 3.74. The van der Waals surface area contributed by atoms with Gasteiger partial charge in [0.05, 0.1) is 0 Å². The van der Waals surface area contributed by atoms with Gasteiger partial charge in [-0.05, 0) is 31.0 Å². The summed E-state index contributed by atoms with van der Waals surface area (Å²) in [7, 11) is 0. The van der Waals surface area contributed by atoms with Crippen LogP contribution in [0.25, 0.3) is 0 Å². The average Bonchev–Trinajstić information content (AvgIpc) is 1.88. The number of hydrogen-bond donors (Lipinski definition) is 1. The number of nitrogens with zero attached hydrogens (tertiary/aromatic N) is 1. The molecule has 0 amide bonds. The number of thiocarbonyl (C=S) groups is 1. The highest BCUT2D eigenvalue weighted by Gasteiger charge is 2.15. The maximum atomic E-state index is 5.49. The van der Waals surface area contributed by atoms with Crippen molar-refractivity contribution in [3.8, 4) is 0 Å². The van der Waals surface area contributed by atoms with Crippen LogP contribution in [0.4, 0.5) is 0 Å². The Balaban J connectivity index is 2.39. The Morgan fingerprint density at radius 3 is 2.80 bits per heavy atom. The lowest BCUT2D eigenvalue weighted by Crippen LogP contribution is -2.42. The Morgan fingerprint density at radius 1 is 1.70 bits per heavy atom. The quantitative estimate of drug-likeness (QED) is 0.532. The Morgan fingerprint density at radius 2 is 2.40 bits per heavy atom. The Hall–Kier alpha value is -0.310. The number of piperidine rings is 1. The Bertz CT molecular complexity index is 136. The van der Waals surface area contributed by atoms with E-state index in [-0.39, 0.29) is 0 Å². The van der Waals surface area contributed by atoms with E-state index in [4.69, 9.17) is 18.0 Å². The molecule has 1 rings (SSSR count). The van der Waals surface area contributed by atoms with Gasteiger partial charge in [-0.15, -0.1) is 0 Å². The van der Waals surface area contributed by atoms with E-state index in [0.717, 1.165) is 19.0 Å². The van der Waals surface area contributed by atoms with E-state index in [0.29, 0.717) is 5.11 Å².